The number of carboxylic acid groups (broad SMARTS) is 1. The lowest BCUT2D eigenvalue weighted by Crippen LogP contribution is -2.42. The quantitative estimate of drug-likeness (QED) is 0.423. The summed E-state index contributed by atoms with van der Waals surface area (Å²) in [7, 11) is 1.75. The van der Waals surface area contributed by atoms with Crippen molar-refractivity contribution < 1.29 is 32.6 Å². The minimum Gasteiger partial charge on any atom is -0.481 e. The monoisotopic (exact) mass is 597 g/mol. The zero-order valence-electron chi connectivity index (χ0n) is 20.8. The van der Waals surface area contributed by atoms with Crippen LogP contribution < -0.4 is 5.32 Å². The van der Waals surface area contributed by atoms with Gasteiger partial charge in [0.25, 0.3) is 5.92 Å². The van der Waals surface area contributed by atoms with Gasteiger partial charge in [-0.1, -0.05) is 22.0 Å². The number of carbonyl (C=O) groups excluding carboxylic acids is 1. The molecule has 4 rings (SSSR count). The summed E-state index contributed by atoms with van der Waals surface area (Å²) in [4.78, 5) is 35.0. The Hall–Kier alpha value is -3.19. The van der Waals surface area contributed by atoms with E-state index in [2.05, 4.69) is 26.2 Å². The molecule has 13 heteroatoms. The second kappa shape index (κ2) is 11.3. The number of ether oxygens (including phenoxy) is 1. The number of aliphatic carboxylic acids is 1. The van der Waals surface area contributed by atoms with Crippen LogP contribution >= 0.6 is 15.9 Å². The van der Waals surface area contributed by atoms with Gasteiger partial charge in [0.1, 0.15) is 11.9 Å². The summed E-state index contributed by atoms with van der Waals surface area (Å²) in [5.41, 5.74) is 0.828. The van der Waals surface area contributed by atoms with E-state index < -0.39 is 48.7 Å². The van der Waals surface area contributed by atoms with Crippen LogP contribution in [0.5, 0.6) is 0 Å². The van der Waals surface area contributed by atoms with Crippen molar-refractivity contribution in [3.05, 3.63) is 63.5 Å². The average molecular weight is 598 g/mol. The maximum Gasteiger partial charge on any atom is 0.338 e. The molecule has 2 aliphatic heterocycles. The molecule has 0 saturated carbocycles. The second-order valence-corrected chi connectivity index (χ2v) is 10.1. The van der Waals surface area contributed by atoms with E-state index in [4.69, 9.17) is 14.8 Å². The molecule has 1 unspecified atom stereocenters. The van der Waals surface area contributed by atoms with Gasteiger partial charge in [0, 0.05) is 55.0 Å². The molecule has 3 heterocycles. The summed E-state index contributed by atoms with van der Waals surface area (Å²) in [5.74, 6) is -4.57. The van der Waals surface area contributed by atoms with Crippen LogP contribution in [0.2, 0.25) is 0 Å². The lowest BCUT2D eigenvalue weighted by atomic mass is 9.95. The van der Waals surface area contributed by atoms with Gasteiger partial charge in [-0.25, -0.2) is 22.9 Å². The molecule has 0 aliphatic carbocycles. The number of carbonyl (C=O) groups is 2. The van der Waals surface area contributed by atoms with Crippen LogP contribution in [-0.4, -0.2) is 69.0 Å². The number of hydrogen-bond donors (Lipinski definition) is 2. The minimum absolute atomic E-state index is 0.0280. The number of amidine groups is 1. The number of halogens is 4. The number of aliphatic imine (C=N–C) groups is 1. The SMILES string of the molecule is CCOC(=O)C1=C(CN2CC(F)(F)C[C@H]2CCC(=O)O)NC(c2nccn2C)=NC1c1ccc(F)cc1Br. The number of imidazole rings is 1. The van der Waals surface area contributed by atoms with Gasteiger partial charge in [0.2, 0.25) is 0 Å². The third-order valence-corrected chi connectivity index (χ3v) is 7.14. The Kier molecular flexibility index (Phi) is 8.26. The number of aromatic nitrogens is 2. The molecular formula is C25H27BrF3N5O4. The fourth-order valence-corrected chi connectivity index (χ4v) is 5.32. The first-order valence-corrected chi connectivity index (χ1v) is 12.8. The number of nitrogens with zero attached hydrogens (tertiary/aromatic N) is 4. The lowest BCUT2D eigenvalue weighted by molar-refractivity contribution is -0.139. The Morgan fingerprint density at radius 2 is 2.11 bits per heavy atom. The van der Waals surface area contributed by atoms with E-state index in [0.29, 0.717) is 15.9 Å². The van der Waals surface area contributed by atoms with Crippen LogP contribution in [0, 0.1) is 5.82 Å². The molecule has 2 aromatic rings. The smallest absolute Gasteiger partial charge is 0.338 e. The van der Waals surface area contributed by atoms with Crippen molar-refractivity contribution in [2.75, 3.05) is 19.7 Å². The topological polar surface area (TPSA) is 109 Å². The van der Waals surface area contributed by atoms with Gasteiger partial charge in [-0.3, -0.25) is 14.7 Å². The van der Waals surface area contributed by atoms with Crippen molar-refractivity contribution in [1.82, 2.24) is 19.8 Å². The summed E-state index contributed by atoms with van der Waals surface area (Å²) in [6.07, 6.45) is 2.54. The molecular weight excluding hydrogens is 571 g/mol. The van der Waals surface area contributed by atoms with Gasteiger partial charge in [-0.15, -0.1) is 0 Å². The summed E-state index contributed by atoms with van der Waals surface area (Å²) < 4.78 is 50.3. The molecule has 1 aromatic carbocycles. The van der Waals surface area contributed by atoms with E-state index in [1.54, 1.807) is 30.9 Å². The first kappa shape index (κ1) is 27.8. The van der Waals surface area contributed by atoms with E-state index in [9.17, 15) is 22.8 Å². The third-order valence-electron chi connectivity index (χ3n) is 6.45. The summed E-state index contributed by atoms with van der Waals surface area (Å²) in [6, 6.07) is 2.30. The number of alkyl halides is 2. The van der Waals surface area contributed by atoms with E-state index in [-0.39, 0.29) is 43.1 Å². The zero-order chi connectivity index (χ0) is 27.6. The molecule has 0 amide bonds. The van der Waals surface area contributed by atoms with Crippen LogP contribution in [-0.2, 0) is 21.4 Å². The number of hydrogen-bond acceptors (Lipinski definition) is 7. The van der Waals surface area contributed by atoms with Crippen LogP contribution in [0.15, 0.2) is 51.3 Å². The van der Waals surface area contributed by atoms with E-state index in [1.165, 1.54) is 23.1 Å². The fraction of sp³-hybridized carbons (Fsp3) is 0.440. The number of rotatable bonds is 9. The number of nitrogens with one attached hydrogen (secondary N) is 1. The van der Waals surface area contributed by atoms with Crippen LogP contribution in [0.25, 0.3) is 0 Å². The molecule has 0 radical (unpaired) electrons. The summed E-state index contributed by atoms with van der Waals surface area (Å²) >= 11 is 3.36. The number of benzene rings is 1. The molecule has 0 spiro atoms. The minimum atomic E-state index is -3.02. The highest BCUT2D eigenvalue weighted by molar-refractivity contribution is 9.10. The molecule has 1 fully saturated rings. The standard InChI is InChI=1S/C25H27BrF3N5O4/c1-3-38-24(37)20-18(12-34-13-25(28,29)11-15(34)5-7-19(35)36)31-22(23-30-8-9-33(23)2)32-21(20)16-6-4-14(27)10-17(16)26/h4,6,8-10,15,21H,3,5,7,11-13H2,1-2H3,(H,31,32)(H,35,36)/t15-,21?/m1/s1. The molecule has 38 heavy (non-hydrogen) atoms. The van der Waals surface area contributed by atoms with Crippen molar-refractivity contribution in [2.24, 2.45) is 12.0 Å². The maximum atomic E-state index is 14.5. The van der Waals surface area contributed by atoms with Gasteiger partial charge in [-0.05, 0) is 31.0 Å². The molecule has 1 aromatic heterocycles. The Morgan fingerprint density at radius 1 is 1.34 bits per heavy atom. The number of likely N-dealkylation sites (tertiary alicyclic amines) is 1. The van der Waals surface area contributed by atoms with Crippen molar-refractivity contribution >= 4 is 33.7 Å². The molecule has 2 N–H and O–H groups in total. The first-order valence-electron chi connectivity index (χ1n) is 12.0. The van der Waals surface area contributed by atoms with E-state index >= 15 is 0 Å². The lowest BCUT2D eigenvalue weighted by Gasteiger charge is -2.31. The highest BCUT2D eigenvalue weighted by Gasteiger charge is 2.46. The van der Waals surface area contributed by atoms with Crippen molar-refractivity contribution in [3.8, 4) is 0 Å². The highest BCUT2D eigenvalue weighted by atomic mass is 79.9. The van der Waals surface area contributed by atoms with Crippen LogP contribution in [0.1, 0.15) is 43.6 Å². The Morgan fingerprint density at radius 3 is 2.74 bits per heavy atom. The largest absolute Gasteiger partial charge is 0.481 e. The van der Waals surface area contributed by atoms with E-state index in [1.807, 2.05) is 0 Å². The van der Waals surface area contributed by atoms with E-state index in [0.717, 1.165) is 0 Å². The normalized spacial score (nSPS) is 21.3. The van der Waals surface area contributed by atoms with Crippen LogP contribution in [0.3, 0.4) is 0 Å². The van der Waals surface area contributed by atoms with Crippen molar-refractivity contribution in [2.45, 2.75) is 44.2 Å². The molecule has 2 aliphatic rings. The maximum absolute atomic E-state index is 14.5. The first-order chi connectivity index (χ1) is 18.0. The summed E-state index contributed by atoms with van der Waals surface area (Å²) in [6.45, 7) is 0.986. The van der Waals surface area contributed by atoms with Gasteiger partial charge in [0.05, 0.1) is 18.7 Å². The Labute approximate surface area is 225 Å². The van der Waals surface area contributed by atoms with Gasteiger partial charge in [-0.2, -0.15) is 0 Å². The number of aryl methyl sites for hydroxylation is 1. The predicted octanol–water partition coefficient (Wildman–Crippen LogP) is 3.80. The highest BCUT2D eigenvalue weighted by Crippen LogP contribution is 2.39. The number of esters is 1. The Bertz CT molecular complexity index is 1300. The second-order valence-electron chi connectivity index (χ2n) is 9.20. The molecule has 2 atom stereocenters. The molecule has 204 valence electrons. The van der Waals surface area contributed by atoms with Crippen molar-refractivity contribution in [1.29, 1.82) is 0 Å². The zero-order valence-corrected chi connectivity index (χ0v) is 22.3. The fourth-order valence-electron chi connectivity index (χ4n) is 4.75. The Balaban J connectivity index is 1.82. The van der Waals surface area contributed by atoms with Gasteiger partial charge < -0.3 is 19.7 Å². The van der Waals surface area contributed by atoms with Crippen molar-refractivity contribution in [3.63, 3.8) is 0 Å². The van der Waals surface area contributed by atoms with Gasteiger partial charge in [0.15, 0.2) is 11.7 Å². The van der Waals surface area contributed by atoms with Gasteiger partial charge >= 0.3 is 11.9 Å². The third kappa shape index (κ3) is 6.09. The molecule has 0 bridgehead atoms. The number of carboxylic acids is 1. The molecule has 1 saturated heterocycles. The molecule has 9 nitrogen and oxygen atoms in total. The van der Waals surface area contributed by atoms with Crippen LogP contribution in [0.4, 0.5) is 13.2 Å². The predicted molar refractivity (Wildman–Crippen MR) is 135 cm³/mol. The summed E-state index contributed by atoms with van der Waals surface area (Å²) in [5, 5.41) is 12.2. The average Bonchev–Trinajstić information content (AvgIpc) is 3.38.